The average Bonchev–Trinajstić information content (AvgIpc) is 3.10. The van der Waals surface area contributed by atoms with Crippen molar-refractivity contribution < 1.29 is 5.11 Å². The highest BCUT2D eigenvalue weighted by molar-refractivity contribution is 7.12. The smallest absolute Gasteiger partial charge is 0.0611 e. The molecule has 2 rings (SSSR count). The molecule has 120 valence electrons. The van der Waals surface area contributed by atoms with Crippen LogP contribution < -0.4 is 5.73 Å². The highest BCUT2D eigenvalue weighted by Crippen LogP contribution is 2.42. The van der Waals surface area contributed by atoms with Crippen LogP contribution in [0, 0.1) is 0 Å². The van der Waals surface area contributed by atoms with Crippen molar-refractivity contribution in [1.82, 2.24) is 0 Å². The van der Waals surface area contributed by atoms with Crippen molar-refractivity contribution in [3.05, 3.63) is 21.9 Å². The summed E-state index contributed by atoms with van der Waals surface area (Å²) in [5.41, 5.74) is 5.86. The Balaban J connectivity index is 1.72. The van der Waals surface area contributed by atoms with Crippen LogP contribution in [-0.4, -0.2) is 17.3 Å². The Morgan fingerprint density at radius 3 is 2.71 bits per heavy atom. The minimum atomic E-state index is -0.325. The van der Waals surface area contributed by atoms with E-state index in [0.717, 1.165) is 19.3 Å². The van der Waals surface area contributed by atoms with Gasteiger partial charge in [0.1, 0.15) is 0 Å². The van der Waals surface area contributed by atoms with Gasteiger partial charge in [0.15, 0.2) is 0 Å². The zero-order valence-corrected chi connectivity index (χ0v) is 14.3. The van der Waals surface area contributed by atoms with E-state index in [2.05, 4.69) is 19.1 Å². The Morgan fingerprint density at radius 1 is 1.24 bits per heavy atom. The van der Waals surface area contributed by atoms with Gasteiger partial charge in [-0.3, -0.25) is 0 Å². The van der Waals surface area contributed by atoms with Crippen molar-refractivity contribution in [3.63, 3.8) is 0 Å². The zero-order valence-electron chi connectivity index (χ0n) is 13.4. The summed E-state index contributed by atoms with van der Waals surface area (Å²) in [6, 6.07) is 4.60. The monoisotopic (exact) mass is 309 g/mol. The van der Waals surface area contributed by atoms with E-state index in [-0.39, 0.29) is 12.1 Å². The predicted octanol–water partition coefficient (Wildman–Crippen LogP) is 4.61. The lowest BCUT2D eigenvalue weighted by atomic mass is 9.98. The van der Waals surface area contributed by atoms with E-state index in [1.807, 2.05) is 11.3 Å². The topological polar surface area (TPSA) is 46.2 Å². The molecule has 1 fully saturated rings. The number of hydrogen-bond acceptors (Lipinski definition) is 3. The Bertz CT molecular complexity index is 417. The molecule has 21 heavy (non-hydrogen) atoms. The first-order valence-corrected chi connectivity index (χ1v) is 9.47. The molecule has 1 aromatic rings. The summed E-state index contributed by atoms with van der Waals surface area (Å²) in [6.45, 7) is 2.39. The molecular formula is C18H31NOS. The Hall–Kier alpha value is -0.380. The molecule has 0 spiro atoms. The fraction of sp³-hybridized carbons (Fsp3) is 0.778. The van der Waals surface area contributed by atoms with Gasteiger partial charge in [-0.1, -0.05) is 39.0 Å². The molecule has 0 aliphatic heterocycles. The molecule has 0 bridgehead atoms. The lowest BCUT2D eigenvalue weighted by Crippen LogP contribution is -2.40. The third-order valence-electron chi connectivity index (χ3n) is 4.82. The van der Waals surface area contributed by atoms with Crippen molar-refractivity contribution in [3.8, 4) is 0 Å². The number of unbranched alkanes of at least 4 members (excludes halogenated alkanes) is 5. The first kappa shape index (κ1) is 17.0. The standard InChI is InChI=1S/C18H31NOS/c1-2-3-4-5-6-7-8-16-9-10-17(21-16)15-11-12-18(19,13-15)14-20/h9-10,15,20H,2-8,11-14,19H2,1H3/t15-,18+/m0/s1. The van der Waals surface area contributed by atoms with E-state index < -0.39 is 0 Å². The highest BCUT2D eigenvalue weighted by Gasteiger charge is 2.36. The molecule has 3 heteroatoms. The normalized spacial score (nSPS) is 25.6. The number of thiophene rings is 1. The van der Waals surface area contributed by atoms with Crippen molar-refractivity contribution in [2.24, 2.45) is 5.73 Å². The van der Waals surface area contributed by atoms with E-state index in [0.29, 0.717) is 5.92 Å². The van der Waals surface area contributed by atoms with E-state index in [1.54, 1.807) is 0 Å². The number of nitrogens with two attached hydrogens (primary N) is 1. The van der Waals surface area contributed by atoms with Crippen LogP contribution in [0.1, 0.15) is 80.4 Å². The number of aliphatic hydroxyl groups excluding tert-OH is 1. The van der Waals surface area contributed by atoms with Gasteiger partial charge in [-0.15, -0.1) is 11.3 Å². The van der Waals surface area contributed by atoms with Crippen LogP contribution in [0.15, 0.2) is 12.1 Å². The van der Waals surface area contributed by atoms with Crippen LogP contribution in [0.5, 0.6) is 0 Å². The van der Waals surface area contributed by atoms with E-state index in [1.165, 1.54) is 54.7 Å². The second-order valence-corrected chi connectivity index (χ2v) is 7.98. The van der Waals surface area contributed by atoms with E-state index in [9.17, 15) is 5.11 Å². The minimum Gasteiger partial charge on any atom is -0.394 e. The van der Waals surface area contributed by atoms with Gasteiger partial charge in [-0.2, -0.15) is 0 Å². The molecule has 0 radical (unpaired) electrons. The first-order valence-electron chi connectivity index (χ1n) is 8.65. The average molecular weight is 310 g/mol. The Labute approximate surface area is 133 Å². The molecule has 1 aliphatic rings. The van der Waals surface area contributed by atoms with Crippen LogP contribution >= 0.6 is 11.3 Å². The lowest BCUT2D eigenvalue weighted by molar-refractivity contribution is 0.198. The van der Waals surface area contributed by atoms with Crippen molar-refractivity contribution in [2.75, 3.05) is 6.61 Å². The molecule has 3 N–H and O–H groups in total. The van der Waals surface area contributed by atoms with Gasteiger partial charge in [0.05, 0.1) is 6.61 Å². The summed E-state index contributed by atoms with van der Waals surface area (Å²) in [6.07, 6.45) is 12.5. The molecule has 0 aromatic carbocycles. The van der Waals surface area contributed by atoms with Gasteiger partial charge in [-0.25, -0.2) is 0 Å². The van der Waals surface area contributed by atoms with Crippen molar-refractivity contribution >= 4 is 11.3 Å². The maximum atomic E-state index is 9.38. The highest BCUT2D eigenvalue weighted by atomic mass is 32.1. The van der Waals surface area contributed by atoms with Gasteiger partial charge in [0.25, 0.3) is 0 Å². The molecule has 0 amide bonds. The summed E-state index contributed by atoms with van der Waals surface area (Å²) < 4.78 is 0. The third kappa shape index (κ3) is 5.08. The SMILES string of the molecule is CCCCCCCCc1ccc([C@H]2CC[C@](N)(CO)C2)s1. The fourth-order valence-corrected chi connectivity index (χ4v) is 4.56. The predicted molar refractivity (Wildman–Crippen MR) is 92.0 cm³/mol. The Morgan fingerprint density at radius 2 is 2.00 bits per heavy atom. The van der Waals surface area contributed by atoms with Gasteiger partial charge in [-0.05, 0) is 50.2 Å². The largest absolute Gasteiger partial charge is 0.394 e. The summed E-state index contributed by atoms with van der Waals surface area (Å²) in [4.78, 5) is 3.01. The van der Waals surface area contributed by atoms with Crippen LogP contribution in [0.3, 0.4) is 0 Å². The summed E-state index contributed by atoms with van der Waals surface area (Å²) >= 11 is 1.97. The molecule has 2 nitrogen and oxygen atoms in total. The molecule has 0 unspecified atom stereocenters. The Kier molecular flexibility index (Phi) is 6.72. The molecule has 1 saturated carbocycles. The third-order valence-corrected chi connectivity index (χ3v) is 6.13. The molecule has 1 heterocycles. The van der Waals surface area contributed by atoms with Gasteiger partial charge < -0.3 is 10.8 Å². The summed E-state index contributed by atoms with van der Waals surface area (Å²) in [5, 5.41) is 9.38. The van der Waals surface area contributed by atoms with Gasteiger partial charge in [0.2, 0.25) is 0 Å². The number of rotatable bonds is 9. The van der Waals surface area contributed by atoms with Crippen molar-refractivity contribution in [2.45, 2.75) is 82.6 Å². The summed E-state index contributed by atoms with van der Waals surface area (Å²) in [7, 11) is 0. The second kappa shape index (κ2) is 8.30. The van der Waals surface area contributed by atoms with Gasteiger partial charge in [0, 0.05) is 15.3 Å². The molecule has 2 atom stereocenters. The number of hydrogen-bond donors (Lipinski definition) is 2. The van der Waals surface area contributed by atoms with Crippen LogP contribution in [0.4, 0.5) is 0 Å². The molecule has 0 saturated heterocycles. The number of aliphatic hydroxyl groups is 1. The second-order valence-electron chi connectivity index (χ2n) is 6.78. The van der Waals surface area contributed by atoms with Crippen molar-refractivity contribution in [1.29, 1.82) is 0 Å². The van der Waals surface area contributed by atoms with Gasteiger partial charge >= 0.3 is 0 Å². The maximum absolute atomic E-state index is 9.38. The van der Waals surface area contributed by atoms with E-state index >= 15 is 0 Å². The maximum Gasteiger partial charge on any atom is 0.0611 e. The minimum absolute atomic E-state index is 0.124. The van der Waals surface area contributed by atoms with E-state index in [4.69, 9.17) is 5.73 Å². The first-order chi connectivity index (χ1) is 10.2. The van der Waals surface area contributed by atoms with Crippen LogP contribution in [0.2, 0.25) is 0 Å². The molecule has 1 aliphatic carbocycles. The van der Waals surface area contributed by atoms with Crippen LogP contribution in [-0.2, 0) is 6.42 Å². The molecular weight excluding hydrogens is 278 g/mol. The fourth-order valence-electron chi connectivity index (χ4n) is 3.37. The summed E-state index contributed by atoms with van der Waals surface area (Å²) in [5.74, 6) is 0.574. The zero-order chi connectivity index (χ0) is 15.1. The van der Waals surface area contributed by atoms with Crippen LogP contribution in [0.25, 0.3) is 0 Å². The number of aryl methyl sites for hydroxylation is 1. The quantitative estimate of drug-likeness (QED) is 0.654. The molecule has 1 aromatic heterocycles. The lowest BCUT2D eigenvalue weighted by Gasteiger charge is -2.20.